The van der Waals surface area contributed by atoms with Gasteiger partial charge in [-0.25, -0.2) is 15.8 Å². The van der Waals surface area contributed by atoms with Crippen molar-refractivity contribution in [2.75, 3.05) is 5.43 Å². The summed E-state index contributed by atoms with van der Waals surface area (Å²) in [5, 5.41) is 2.75. The third-order valence-electron chi connectivity index (χ3n) is 2.93. The van der Waals surface area contributed by atoms with Crippen molar-refractivity contribution >= 4 is 50.9 Å². The average Bonchev–Trinajstić information content (AvgIpc) is 2.86. The predicted octanol–water partition coefficient (Wildman–Crippen LogP) is 4.23. The Morgan fingerprint density at radius 3 is 2.90 bits per heavy atom. The molecule has 3 aromatic rings. The minimum absolute atomic E-state index is 0.436. The number of anilines is 1. The summed E-state index contributed by atoms with van der Waals surface area (Å²) in [6.07, 6.45) is 0. The SMILES string of the molecule is Cc1cc2c(SCc3ccccc3Cl)nc(NN)nc2s1. The van der Waals surface area contributed by atoms with E-state index in [2.05, 4.69) is 28.4 Å². The molecule has 3 N–H and O–H groups in total. The summed E-state index contributed by atoms with van der Waals surface area (Å²) >= 11 is 9.47. The molecule has 21 heavy (non-hydrogen) atoms. The second-order valence-corrected chi connectivity index (χ2v) is 7.06. The molecule has 0 aliphatic heterocycles. The van der Waals surface area contributed by atoms with Gasteiger partial charge in [-0.15, -0.1) is 23.1 Å². The largest absolute Gasteiger partial charge is 0.292 e. The minimum atomic E-state index is 0.436. The molecule has 0 fully saturated rings. The van der Waals surface area contributed by atoms with Crippen molar-refractivity contribution in [3.05, 3.63) is 45.8 Å². The number of aryl methyl sites for hydroxylation is 1. The predicted molar refractivity (Wildman–Crippen MR) is 91.0 cm³/mol. The number of benzene rings is 1. The maximum atomic E-state index is 6.20. The van der Waals surface area contributed by atoms with Gasteiger partial charge in [0.2, 0.25) is 5.95 Å². The maximum Gasteiger partial charge on any atom is 0.239 e. The van der Waals surface area contributed by atoms with Crippen molar-refractivity contribution in [1.82, 2.24) is 9.97 Å². The molecule has 0 saturated carbocycles. The number of thioether (sulfide) groups is 1. The van der Waals surface area contributed by atoms with Crippen molar-refractivity contribution in [3.63, 3.8) is 0 Å². The number of nitrogens with two attached hydrogens (primary N) is 1. The topological polar surface area (TPSA) is 63.8 Å². The van der Waals surface area contributed by atoms with Crippen LogP contribution in [-0.4, -0.2) is 9.97 Å². The number of aromatic nitrogens is 2. The first-order valence-corrected chi connectivity index (χ1v) is 8.46. The second-order valence-electron chi connectivity index (χ2n) is 4.45. The lowest BCUT2D eigenvalue weighted by atomic mass is 10.2. The van der Waals surface area contributed by atoms with Gasteiger partial charge in [-0.1, -0.05) is 29.8 Å². The van der Waals surface area contributed by atoms with Crippen molar-refractivity contribution in [3.8, 4) is 0 Å². The molecular formula is C14H13ClN4S2. The quantitative estimate of drug-likeness (QED) is 0.323. The van der Waals surface area contributed by atoms with Gasteiger partial charge in [0.1, 0.15) is 9.86 Å². The lowest BCUT2D eigenvalue weighted by Crippen LogP contribution is -2.10. The van der Waals surface area contributed by atoms with E-state index in [4.69, 9.17) is 17.4 Å². The summed E-state index contributed by atoms with van der Waals surface area (Å²) in [7, 11) is 0. The number of hydrazine groups is 1. The Labute approximate surface area is 135 Å². The third-order valence-corrected chi connectivity index (χ3v) is 5.29. The third kappa shape index (κ3) is 3.13. The zero-order valence-corrected chi connectivity index (χ0v) is 13.6. The molecule has 7 heteroatoms. The van der Waals surface area contributed by atoms with Crippen LogP contribution in [-0.2, 0) is 5.75 Å². The molecule has 2 aromatic heterocycles. The lowest BCUT2D eigenvalue weighted by Gasteiger charge is -2.06. The molecule has 0 unspecified atom stereocenters. The van der Waals surface area contributed by atoms with E-state index < -0.39 is 0 Å². The van der Waals surface area contributed by atoms with Crippen LogP contribution in [0.4, 0.5) is 5.95 Å². The summed E-state index contributed by atoms with van der Waals surface area (Å²) < 4.78 is 0. The minimum Gasteiger partial charge on any atom is -0.292 e. The van der Waals surface area contributed by atoms with Gasteiger partial charge >= 0.3 is 0 Å². The Balaban J connectivity index is 1.94. The fraction of sp³-hybridized carbons (Fsp3) is 0.143. The van der Waals surface area contributed by atoms with Gasteiger partial charge in [0.25, 0.3) is 0 Å². The number of thiophene rings is 1. The highest BCUT2D eigenvalue weighted by Crippen LogP contribution is 2.34. The van der Waals surface area contributed by atoms with Crippen LogP contribution in [0.1, 0.15) is 10.4 Å². The van der Waals surface area contributed by atoms with Crippen molar-refractivity contribution in [2.24, 2.45) is 5.84 Å². The van der Waals surface area contributed by atoms with Crippen LogP contribution in [0.2, 0.25) is 5.02 Å². The zero-order chi connectivity index (χ0) is 14.8. The molecule has 0 saturated heterocycles. The number of nitrogens with zero attached hydrogens (tertiary/aromatic N) is 2. The van der Waals surface area contributed by atoms with Gasteiger partial charge in [0.15, 0.2) is 0 Å². The maximum absolute atomic E-state index is 6.20. The fourth-order valence-corrected chi connectivity index (χ4v) is 4.18. The van der Waals surface area contributed by atoms with Gasteiger partial charge in [-0.2, -0.15) is 0 Å². The highest BCUT2D eigenvalue weighted by molar-refractivity contribution is 7.98. The van der Waals surface area contributed by atoms with Gasteiger partial charge in [0, 0.05) is 21.0 Å². The van der Waals surface area contributed by atoms with Crippen LogP contribution >= 0.6 is 34.7 Å². The highest BCUT2D eigenvalue weighted by Gasteiger charge is 2.11. The van der Waals surface area contributed by atoms with E-state index in [-0.39, 0.29) is 0 Å². The monoisotopic (exact) mass is 336 g/mol. The number of nitrogen functional groups attached to an aromatic ring is 1. The van der Waals surface area contributed by atoms with Crippen LogP contribution in [0, 0.1) is 6.92 Å². The van der Waals surface area contributed by atoms with Gasteiger partial charge < -0.3 is 0 Å². The van der Waals surface area contributed by atoms with Crippen molar-refractivity contribution in [2.45, 2.75) is 17.7 Å². The van der Waals surface area contributed by atoms with Crippen LogP contribution in [0.3, 0.4) is 0 Å². The van der Waals surface area contributed by atoms with Crippen molar-refractivity contribution in [1.29, 1.82) is 0 Å². The first-order valence-electron chi connectivity index (χ1n) is 6.28. The molecule has 4 nitrogen and oxygen atoms in total. The van der Waals surface area contributed by atoms with E-state index in [0.29, 0.717) is 5.95 Å². The number of nitrogens with one attached hydrogen (secondary N) is 1. The van der Waals surface area contributed by atoms with E-state index in [1.807, 2.05) is 24.3 Å². The normalized spacial score (nSPS) is 11.0. The molecule has 0 spiro atoms. The summed E-state index contributed by atoms with van der Waals surface area (Å²) in [5.74, 6) is 6.64. The fourth-order valence-electron chi connectivity index (χ4n) is 1.95. The van der Waals surface area contributed by atoms with E-state index >= 15 is 0 Å². The molecular weight excluding hydrogens is 324 g/mol. The lowest BCUT2D eigenvalue weighted by molar-refractivity contribution is 1.08. The van der Waals surface area contributed by atoms with Gasteiger partial charge in [-0.05, 0) is 24.6 Å². The average molecular weight is 337 g/mol. The Kier molecular flexibility index (Phi) is 4.30. The number of rotatable bonds is 4. The molecule has 0 aliphatic carbocycles. The molecule has 0 bridgehead atoms. The Hall–Kier alpha value is -1.34. The van der Waals surface area contributed by atoms with Crippen LogP contribution in [0.5, 0.6) is 0 Å². The Bertz CT molecular complexity index is 788. The zero-order valence-electron chi connectivity index (χ0n) is 11.3. The summed E-state index contributed by atoms with van der Waals surface area (Å²) in [6, 6.07) is 9.94. The van der Waals surface area contributed by atoms with E-state index in [0.717, 1.165) is 31.6 Å². The molecule has 2 heterocycles. The van der Waals surface area contributed by atoms with E-state index in [1.165, 1.54) is 4.88 Å². The Morgan fingerprint density at radius 2 is 2.14 bits per heavy atom. The summed E-state index contributed by atoms with van der Waals surface area (Å²) in [6.45, 7) is 2.06. The number of halogens is 1. The molecule has 0 radical (unpaired) electrons. The standard InChI is InChI=1S/C14H13ClN4S2/c1-8-6-10-12(17-14(19-16)18-13(10)21-8)20-7-9-4-2-3-5-11(9)15/h2-6H,7,16H2,1H3,(H,17,18,19). The van der Waals surface area contributed by atoms with Gasteiger partial charge in [0.05, 0.1) is 0 Å². The molecule has 3 rings (SSSR count). The molecule has 0 aliphatic rings. The second kappa shape index (κ2) is 6.19. The Morgan fingerprint density at radius 1 is 1.33 bits per heavy atom. The van der Waals surface area contributed by atoms with Crippen LogP contribution in [0.25, 0.3) is 10.2 Å². The first-order chi connectivity index (χ1) is 10.2. The van der Waals surface area contributed by atoms with Gasteiger partial charge in [-0.3, -0.25) is 5.43 Å². The van der Waals surface area contributed by atoms with E-state index in [1.54, 1.807) is 23.1 Å². The highest BCUT2D eigenvalue weighted by atomic mass is 35.5. The molecule has 1 aromatic carbocycles. The van der Waals surface area contributed by atoms with Crippen molar-refractivity contribution < 1.29 is 0 Å². The summed E-state index contributed by atoms with van der Waals surface area (Å²) in [5.41, 5.74) is 3.61. The van der Waals surface area contributed by atoms with Crippen LogP contribution in [0.15, 0.2) is 35.4 Å². The van der Waals surface area contributed by atoms with Crippen LogP contribution < -0.4 is 11.3 Å². The summed E-state index contributed by atoms with van der Waals surface area (Å²) in [4.78, 5) is 11.0. The number of fused-ring (bicyclic) bond motifs is 1. The number of hydrogen-bond acceptors (Lipinski definition) is 6. The first kappa shape index (κ1) is 14.6. The number of hydrogen-bond donors (Lipinski definition) is 2. The molecule has 0 amide bonds. The molecule has 0 atom stereocenters. The smallest absolute Gasteiger partial charge is 0.239 e. The molecule has 108 valence electrons. The van der Waals surface area contributed by atoms with E-state index in [9.17, 15) is 0 Å².